The lowest BCUT2D eigenvalue weighted by Crippen LogP contribution is -1.99. The van der Waals surface area contributed by atoms with E-state index in [2.05, 4.69) is 121 Å². The van der Waals surface area contributed by atoms with Crippen LogP contribution >= 0.6 is 0 Å². The summed E-state index contributed by atoms with van der Waals surface area (Å²) in [5, 5.41) is 4.92. The standard InChI is InChI=1S/C37H24N2O/c1-2-34-38-31-11-4-5-12-32(31)39(34)23-16-14-22(15-17-23)24-18-21-30-35-26(24)9-7-10-27(35)28-19-20-29-25-8-3-6-13-33(25)40-37(29)36(28)30/h3-21H,2H2,1H3. The van der Waals surface area contributed by atoms with Gasteiger partial charge < -0.3 is 4.42 Å². The van der Waals surface area contributed by atoms with Crippen molar-refractivity contribution in [2.45, 2.75) is 13.3 Å². The highest BCUT2D eigenvalue weighted by Crippen LogP contribution is 2.52. The quantitative estimate of drug-likeness (QED) is 0.236. The van der Waals surface area contributed by atoms with E-state index < -0.39 is 0 Å². The molecule has 2 heterocycles. The van der Waals surface area contributed by atoms with Crippen LogP contribution in [0.4, 0.5) is 0 Å². The molecule has 0 aliphatic heterocycles. The summed E-state index contributed by atoms with van der Waals surface area (Å²) < 4.78 is 8.74. The predicted octanol–water partition coefficient (Wildman–Crippen LogP) is 9.95. The molecule has 0 saturated carbocycles. The number of para-hydroxylation sites is 3. The Labute approximate surface area is 230 Å². The van der Waals surface area contributed by atoms with Crippen LogP contribution in [-0.4, -0.2) is 9.55 Å². The Morgan fingerprint density at radius 2 is 1.40 bits per heavy atom. The third kappa shape index (κ3) is 2.81. The van der Waals surface area contributed by atoms with Gasteiger partial charge in [-0.25, -0.2) is 4.98 Å². The van der Waals surface area contributed by atoms with Crippen LogP contribution in [0.1, 0.15) is 12.7 Å². The van der Waals surface area contributed by atoms with E-state index in [9.17, 15) is 0 Å². The van der Waals surface area contributed by atoms with Crippen molar-refractivity contribution in [3.8, 4) is 39.1 Å². The van der Waals surface area contributed by atoms with Crippen LogP contribution in [-0.2, 0) is 6.42 Å². The fourth-order valence-corrected chi connectivity index (χ4v) is 6.76. The van der Waals surface area contributed by atoms with Crippen LogP contribution in [0.2, 0.25) is 0 Å². The molecule has 6 aromatic carbocycles. The Balaban J connectivity index is 1.22. The molecule has 0 fully saturated rings. The minimum Gasteiger partial charge on any atom is -0.455 e. The lowest BCUT2D eigenvalue weighted by Gasteiger charge is -2.12. The fraction of sp³-hybridized carbons (Fsp3) is 0.0541. The molecule has 3 nitrogen and oxygen atoms in total. The van der Waals surface area contributed by atoms with Gasteiger partial charge in [0.1, 0.15) is 17.0 Å². The second-order valence-corrected chi connectivity index (χ2v) is 10.6. The number of hydrogen-bond acceptors (Lipinski definition) is 2. The van der Waals surface area contributed by atoms with Crippen molar-refractivity contribution in [1.82, 2.24) is 9.55 Å². The highest BCUT2D eigenvalue weighted by Gasteiger charge is 2.27. The van der Waals surface area contributed by atoms with Gasteiger partial charge in [-0.1, -0.05) is 85.8 Å². The normalized spacial score (nSPS) is 12.2. The molecule has 1 aliphatic carbocycles. The maximum Gasteiger partial charge on any atom is 0.143 e. The zero-order chi connectivity index (χ0) is 26.4. The highest BCUT2D eigenvalue weighted by molar-refractivity contribution is 6.24. The number of aromatic nitrogens is 2. The summed E-state index contributed by atoms with van der Waals surface area (Å²) in [7, 11) is 0. The fourth-order valence-electron chi connectivity index (χ4n) is 6.76. The summed E-state index contributed by atoms with van der Waals surface area (Å²) in [6.45, 7) is 2.16. The number of benzene rings is 6. The Kier molecular flexibility index (Phi) is 4.31. The molecule has 0 amide bonds. The molecule has 0 atom stereocenters. The first-order chi connectivity index (χ1) is 19.8. The summed E-state index contributed by atoms with van der Waals surface area (Å²) in [6.07, 6.45) is 0.879. The van der Waals surface area contributed by atoms with E-state index in [1.807, 2.05) is 6.07 Å². The maximum absolute atomic E-state index is 6.46. The molecule has 0 unspecified atom stereocenters. The lowest BCUT2D eigenvalue weighted by molar-refractivity contribution is 0.670. The third-order valence-electron chi connectivity index (χ3n) is 8.53. The van der Waals surface area contributed by atoms with E-state index >= 15 is 0 Å². The summed E-state index contributed by atoms with van der Waals surface area (Å²) in [6, 6.07) is 41.3. The molecular formula is C37H24N2O. The van der Waals surface area contributed by atoms with E-state index in [-0.39, 0.29) is 0 Å². The number of fused-ring (bicyclic) bond motifs is 8. The number of imidazole rings is 1. The molecule has 3 heteroatoms. The van der Waals surface area contributed by atoms with Crippen LogP contribution in [0.5, 0.6) is 0 Å². The van der Waals surface area contributed by atoms with E-state index in [0.29, 0.717) is 0 Å². The van der Waals surface area contributed by atoms with Crippen molar-refractivity contribution < 1.29 is 4.42 Å². The molecule has 40 heavy (non-hydrogen) atoms. The van der Waals surface area contributed by atoms with Crippen molar-refractivity contribution in [1.29, 1.82) is 0 Å². The molecule has 0 N–H and O–H groups in total. The van der Waals surface area contributed by atoms with Gasteiger partial charge in [0.15, 0.2) is 0 Å². The van der Waals surface area contributed by atoms with Crippen molar-refractivity contribution in [2.75, 3.05) is 0 Å². The number of rotatable bonds is 3. The second kappa shape index (κ2) is 7.93. The first-order valence-corrected chi connectivity index (χ1v) is 13.9. The Bertz CT molecular complexity index is 2300. The summed E-state index contributed by atoms with van der Waals surface area (Å²) >= 11 is 0. The number of furan rings is 1. The minimum atomic E-state index is 0.879. The van der Waals surface area contributed by atoms with Crippen LogP contribution < -0.4 is 0 Å². The van der Waals surface area contributed by atoms with Gasteiger partial charge in [0.2, 0.25) is 0 Å². The second-order valence-electron chi connectivity index (χ2n) is 10.6. The Morgan fingerprint density at radius 3 is 2.30 bits per heavy atom. The number of hydrogen-bond donors (Lipinski definition) is 0. The smallest absolute Gasteiger partial charge is 0.143 e. The highest BCUT2D eigenvalue weighted by atomic mass is 16.3. The molecule has 188 valence electrons. The third-order valence-corrected chi connectivity index (χ3v) is 8.53. The van der Waals surface area contributed by atoms with E-state index in [1.165, 1.54) is 54.9 Å². The molecular weight excluding hydrogens is 488 g/mol. The van der Waals surface area contributed by atoms with E-state index in [1.54, 1.807) is 0 Å². The van der Waals surface area contributed by atoms with Gasteiger partial charge in [0.25, 0.3) is 0 Å². The van der Waals surface area contributed by atoms with Crippen LogP contribution in [0.3, 0.4) is 0 Å². The molecule has 1 aliphatic rings. The van der Waals surface area contributed by atoms with Gasteiger partial charge in [0, 0.05) is 28.4 Å². The van der Waals surface area contributed by atoms with Gasteiger partial charge in [0.05, 0.1) is 11.0 Å². The van der Waals surface area contributed by atoms with Gasteiger partial charge >= 0.3 is 0 Å². The topological polar surface area (TPSA) is 31.0 Å². The molecule has 0 spiro atoms. The molecule has 9 rings (SSSR count). The Morgan fingerprint density at radius 1 is 0.625 bits per heavy atom. The lowest BCUT2D eigenvalue weighted by atomic mass is 9.94. The number of nitrogens with zero attached hydrogens (tertiary/aromatic N) is 2. The van der Waals surface area contributed by atoms with Crippen LogP contribution in [0.15, 0.2) is 120 Å². The van der Waals surface area contributed by atoms with Crippen molar-refractivity contribution >= 4 is 43.7 Å². The summed E-state index contributed by atoms with van der Waals surface area (Å²) in [5.41, 5.74) is 12.7. The number of aryl methyl sites for hydroxylation is 1. The zero-order valence-corrected chi connectivity index (χ0v) is 22.0. The van der Waals surface area contributed by atoms with Crippen molar-refractivity contribution in [2.24, 2.45) is 0 Å². The first-order valence-electron chi connectivity index (χ1n) is 13.9. The summed E-state index contributed by atoms with van der Waals surface area (Å²) in [5.74, 6) is 1.08. The molecule has 8 aromatic rings. The minimum absolute atomic E-state index is 0.879. The van der Waals surface area contributed by atoms with Gasteiger partial charge in [-0.2, -0.15) is 0 Å². The van der Waals surface area contributed by atoms with Gasteiger partial charge in [-0.05, 0) is 75.0 Å². The monoisotopic (exact) mass is 512 g/mol. The molecule has 2 aromatic heterocycles. The molecule has 0 radical (unpaired) electrons. The summed E-state index contributed by atoms with van der Waals surface area (Å²) in [4.78, 5) is 4.87. The first kappa shape index (κ1) is 21.7. The Hall–Kier alpha value is -5.15. The molecule has 0 bridgehead atoms. The predicted molar refractivity (Wildman–Crippen MR) is 165 cm³/mol. The SMILES string of the molecule is CCc1nc2ccccc2n1-c1ccc(-c2ccc3c4c(cccc24)-c2ccc4c(oc5ccccc54)c2-3)cc1. The average Bonchev–Trinajstić information content (AvgIpc) is 3.68. The average molecular weight is 513 g/mol. The van der Waals surface area contributed by atoms with Gasteiger partial charge in [-0.3, -0.25) is 4.57 Å². The van der Waals surface area contributed by atoms with E-state index in [4.69, 9.17) is 9.40 Å². The van der Waals surface area contributed by atoms with E-state index in [0.717, 1.165) is 40.1 Å². The largest absolute Gasteiger partial charge is 0.455 e. The maximum atomic E-state index is 6.46. The molecule has 0 saturated heterocycles. The van der Waals surface area contributed by atoms with Gasteiger partial charge in [-0.15, -0.1) is 0 Å². The van der Waals surface area contributed by atoms with Crippen LogP contribution in [0, 0.1) is 0 Å². The van der Waals surface area contributed by atoms with Crippen LogP contribution in [0.25, 0.3) is 82.8 Å². The zero-order valence-electron chi connectivity index (χ0n) is 22.0. The van der Waals surface area contributed by atoms with Crippen molar-refractivity contribution in [3.05, 3.63) is 121 Å². The van der Waals surface area contributed by atoms with Crippen molar-refractivity contribution in [3.63, 3.8) is 0 Å².